The number of nitrogens with one attached hydrogen (secondary N) is 1. The highest BCUT2D eigenvalue weighted by molar-refractivity contribution is 6.06. The standard InChI is InChI=1S/C16H23NO4/c1-6-21-15(19)13(16(2,3)4)14(18)17-11-9-7-8-10-12(11)20-5/h7-10,13H,6H2,1-5H3,(H,17,18). The topological polar surface area (TPSA) is 64.6 Å². The third-order valence-electron chi connectivity index (χ3n) is 3.02. The Balaban J connectivity index is 2.99. The Morgan fingerprint density at radius 1 is 1.24 bits per heavy atom. The molecule has 5 nitrogen and oxygen atoms in total. The summed E-state index contributed by atoms with van der Waals surface area (Å²) >= 11 is 0. The van der Waals surface area contributed by atoms with Crippen molar-refractivity contribution < 1.29 is 19.1 Å². The molecule has 1 aromatic rings. The molecule has 116 valence electrons. The molecule has 0 spiro atoms. The summed E-state index contributed by atoms with van der Waals surface area (Å²) in [6.45, 7) is 7.45. The summed E-state index contributed by atoms with van der Waals surface area (Å²) in [5.41, 5.74) is -0.0122. The maximum atomic E-state index is 12.5. The van der Waals surface area contributed by atoms with Crippen LogP contribution in [0.1, 0.15) is 27.7 Å². The first-order valence-electron chi connectivity index (χ1n) is 6.91. The molecule has 21 heavy (non-hydrogen) atoms. The monoisotopic (exact) mass is 293 g/mol. The van der Waals surface area contributed by atoms with Gasteiger partial charge in [-0.2, -0.15) is 0 Å². The number of amides is 1. The fourth-order valence-electron chi connectivity index (χ4n) is 2.03. The minimum absolute atomic E-state index is 0.243. The van der Waals surface area contributed by atoms with Gasteiger partial charge >= 0.3 is 5.97 Å². The van der Waals surface area contributed by atoms with Gasteiger partial charge in [0.15, 0.2) is 0 Å². The molecule has 0 aromatic heterocycles. The highest BCUT2D eigenvalue weighted by Gasteiger charge is 2.39. The van der Waals surface area contributed by atoms with Gasteiger partial charge in [0, 0.05) is 0 Å². The Morgan fingerprint density at radius 3 is 2.38 bits per heavy atom. The third-order valence-corrected chi connectivity index (χ3v) is 3.02. The van der Waals surface area contributed by atoms with Gasteiger partial charge in [-0.15, -0.1) is 0 Å². The van der Waals surface area contributed by atoms with E-state index in [1.165, 1.54) is 7.11 Å². The van der Waals surface area contributed by atoms with Crippen molar-refractivity contribution in [2.24, 2.45) is 11.3 Å². The number of ether oxygens (including phenoxy) is 2. The van der Waals surface area contributed by atoms with Crippen molar-refractivity contribution in [1.29, 1.82) is 0 Å². The molecule has 0 heterocycles. The predicted molar refractivity (Wildman–Crippen MR) is 81.2 cm³/mol. The molecule has 5 heteroatoms. The smallest absolute Gasteiger partial charge is 0.319 e. The van der Waals surface area contributed by atoms with Crippen LogP contribution in [0.2, 0.25) is 0 Å². The van der Waals surface area contributed by atoms with Crippen molar-refractivity contribution in [3.05, 3.63) is 24.3 Å². The van der Waals surface area contributed by atoms with E-state index in [2.05, 4.69) is 5.32 Å². The van der Waals surface area contributed by atoms with Crippen LogP contribution in [0.25, 0.3) is 0 Å². The molecule has 1 aromatic carbocycles. The molecule has 0 saturated carbocycles. The van der Waals surface area contributed by atoms with E-state index in [1.807, 2.05) is 20.8 Å². The lowest BCUT2D eigenvalue weighted by molar-refractivity contribution is -0.155. The van der Waals surface area contributed by atoms with Crippen molar-refractivity contribution >= 4 is 17.6 Å². The van der Waals surface area contributed by atoms with Crippen LogP contribution in [0.3, 0.4) is 0 Å². The predicted octanol–water partition coefficient (Wildman–Crippen LogP) is 2.86. The Morgan fingerprint density at radius 2 is 1.86 bits per heavy atom. The molecule has 1 unspecified atom stereocenters. The maximum absolute atomic E-state index is 12.5. The minimum Gasteiger partial charge on any atom is -0.495 e. The quantitative estimate of drug-likeness (QED) is 0.669. The Labute approximate surface area is 125 Å². The highest BCUT2D eigenvalue weighted by Crippen LogP contribution is 2.30. The second kappa shape index (κ2) is 7.11. The average Bonchev–Trinajstić information content (AvgIpc) is 2.38. The first-order chi connectivity index (χ1) is 9.81. The van der Waals surface area contributed by atoms with Crippen molar-refractivity contribution in [3.8, 4) is 5.75 Å². The molecule has 1 rings (SSSR count). The maximum Gasteiger partial charge on any atom is 0.319 e. The summed E-state index contributed by atoms with van der Waals surface area (Å²) in [6, 6.07) is 7.06. The lowest BCUT2D eigenvalue weighted by Gasteiger charge is -2.27. The molecule has 0 fully saturated rings. The van der Waals surface area contributed by atoms with E-state index >= 15 is 0 Å². The Hall–Kier alpha value is -2.04. The molecular weight excluding hydrogens is 270 g/mol. The van der Waals surface area contributed by atoms with E-state index in [0.29, 0.717) is 11.4 Å². The highest BCUT2D eigenvalue weighted by atomic mass is 16.5. The number of carbonyl (C=O) groups excluding carboxylic acids is 2. The first-order valence-corrected chi connectivity index (χ1v) is 6.91. The van der Waals surface area contributed by atoms with Gasteiger partial charge in [-0.05, 0) is 24.5 Å². The van der Waals surface area contributed by atoms with Crippen LogP contribution in [-0.4, -0.2) is 25.6 Å². The van der Waals surface area contributed by atoms with Crippen molar-refractivity contribution in [2.45, 2.75) is 27.7 Å². The van der Waals surface area contributed by atoms with Gasteiger partial charge in [0.05, 0.1) is 19.4 Å². The summed E-state index contributed by atoms with van der Waals surface area (Å²) in [7, 11) is 1.53. The lowest BCUT2D eigenvalue weighted by atomic mass is 9.80. The fourth-order valence-corrected chi connectivity index (χ4v) is 2.03. The van der Waals surface area contributed by atoms with E-state index in [9.17, 15) is 9.59 Å². The van der Waals surface area contributed by atoms with Crippen LogP contribution >= 0.6 is 0 Å². The molecule has 0 saturated heterocycles. The van der Waals surface area contributed by atoms with Gasteiger partial charge in [0.1, 0.15) is 11.7 Å². The third kappa shape index (κ3) is 4.48. The van der Waals surface area contributed by atoms with Crippen LogP contribution in [0.15, 0.2) is 24.3 Å². The first kappa shape index (κ1) is 17.0. The molecule has 1 N–H and O–H groups in total. The molecule has 0 bridgehead atoms. The van der Waals surface area contributed by atoms with E-state index in [1.54, 1.807) is 31.2 Å². The molecule has 0 aliphatic carbocycles. The normalized spacial score (nSPS) is 12.4. The number of methoxy groups -OCH3 is 1. The number of esters is 1. The number of hydrogen-bond acceptors (Lipinski definition) is 4. The van der Waals surface area contributed by atoms with Crippen LogP contribution in [0.4, 0.5) is 5.69 Å². The molecular formula is C16H23NO4. The second-order valence-corrected chi connectivity index (χ2v) is 5.74. The van der Waals surface area contributed by atoms with E-state index < -0.39 is 23.2 Å². The molecule has 1 amide bonds. The summed E-state index contributed by atoms with van der Waals surface area (Å²) < 4.78 is 10.2. The Kier molecular flexibility index (Phi) is 5.76. The van der Waals surface area contributed by atoms with Crippen LogP contribution in [0, 0.1) is 11.3 Å². The zero-order chi connectivity index (χ0) is 16.0. The number of hydrogen-bond donors (Lipinski definition) is 1. The van der Waals surface area contributed by atoms with E-state index in [4.69, 9.17) is 9.47 Å². The van der Waals surface area contributed by atoms with Gasteiger partial charge in [0.25, 0.3) is 0 Å². The van der Waals surface area contributed by atoms with Gasteiger partial charge in [-0.1, -0.05) is 32.9 Å². The lowest BCUT2D eigenvalue weighted by Crippen LogP contribution is -2.40. The number of para-hydroxylation sites is 2. The summed E-state index contributed by atoms with van der Waals surface area (Å²) in [5, 5.41) is 2.74. The van der Waals surface area contributed by atoms with Crippen molar-refractivity contribution in [3.63, 3.8) is 0 Å². The minimum atomic E-state index is -0.887. The zero-order valence-corrected chi connectivity index (χ0v) is 13.2. The number of benzene rings is 1. The van der Waals surface area contributed by atoms with Gasteiger partial charge < -0.3 is 14.8 Å². The number of anilines is 1. The van der Waals surface area contributed by atoms with Gasteiger partial charge in [-0.3, -0.25) is 9.59 Å². The molecule has 1 atom stereocenters. The zero-order valence-electron chi connectivity index (χ0n) is 13.2. The van der Waals surface area contributed by atoms with E-state index in [0.717, 1.165) is 0 Å². The summed E-state index contributed by atoms with van der Waals surface area (Å²) in [6.07, 6.45) is 0. The van der Waals surface area contributed by atoms with Crippen LogP contribution in [0.5, 0.6) is 5.75 Å². The van der Waals surface area contributed by atoms with Crippen LogP contribution in [-0.2, 0) is 14.3 Å². The molecule has 0 aliphatic rings. The largest absolute Gasteiger partial charge is 0.495 e. The SMILES string of the molecule is CCOC(=O)C(C(=O)Nc1ccccc1OC)C(C)(C)C. The number of rotatable bonds is 5. The second-order valence-electron chi connectivity index (χ2n) is 5.74. The summed E-state index contributed by atoms with van der Waals surface area (Å²) in [4.78, 5) is 24.5. The van der Waals surface area contributed by atoms with Gasteiger partial charge in [-0.25, -0.2) is 0 Å². The molecule has 0 radical (unpaired) electrons. The van der Waals surface area contributed by atoms with Crippen molar-refractivity contribution in [2.75, 3.05) is 19.0 Å². The summed E-state index contributed by atoms with van der Waals surface area (Å²) in [5.74, 6) is -1.26. The fraction of sp³-hybridized carbons (Fsp3) is 0.500. The van der Waals surface area contributed by atoms with Crippen molar-refractivity contribution in [1.82, 2.24) is 0 Å². The van der Waals surface area contributed by atoms with Crippen LogP contribution < -0.4 is 10.1 Å². The number of carbonyl (C=O) groups is 2. The average molecular weight is 293 g/mol. The molecule has 0 aliphatic heterocycles. The Bertz CT molecular complexity index is 505. The van der Waals surface area contributed by atoms with E-state index in [-0.39, 0.29) is 6.61 Å². The van der Waals surface area contributed by atoms with Gasteiger partial charge in [0.2, 0.25) is 5.91 Å².